The lowest BCUT2D eigenvalue weighted by Crippen LogP contribution is -2.53. The van der Waals surface area contributed by atoms with E-state index < -0.39 is 6.03 Å². The molecule has 26 heavy (non-hydrogen) atoms. The summed E-state index contributed by atoms with van der Waals surface area (Å²) in [5.74, 6) is 1.12. The Morgan fingerprint density at radius 3 is 2.85 bits per heavy atom. The first-order chi connectivity index (χ1) is 12.5. The number of ether oxygens (including phenoxy) is 1. The molecule has 9 heteroatoms. The summed E-state index contributed by atoms with van der Waals surface area (Å²) in [4.78, 5) is 23.2. The number of urea groups is 1. The fourth-order valence-electron chi connectivity index (χ4n) is 2.75. The van der Waals surface area contributed by atoms with Crippen LogP contribution in [0.15, 0.2) is 29.4 Å². The van der Waals surface area contributed by atoms with Crippen molar-refractivity contribution in [3.8, 4) is 11.4 Å². The lowest BCUT2D eigenvalue weighted by molar-refractivity contribution is -0.121. The molecule has 1 saturated heterocycles. The molecule has 0 saturated carbocycles. The van der Waals surface area contributed by atoms with Crippen LogP contribution in [0, 0.1) is 0 Å². The molecule has 2 heterocycles. The van der Waals surface area contributed by atoms with Crippen molar-refractivity contribution in [3.05, 3.63) is 30.1 Å². The van der Waals surface area contributed by atoms with Crippen LogP contribution >= 0.6 is 11.8 Å². The van der Waals surface area contributed by atoms with Crippen molar-refractivity contribution < 1.29 is 14.3 Å². The first-order valence-corrected chi connectivity index (χ1v) is 9.20. The zero-order valence-corrected chi connectivity index (χ0v) is 15.7. The minimum atomic E-state index is -0.476. The van der Waals surface area contributed by atoms with Crippen LogP contribution < -0.4 is 15.4 Å². The van der Waals surface area contributed by atoms with Gasteiger partial charge in [-0.2, -0.15) is 0 Å². The largest absolute Gasteiger partial charge is 0.497 e. The highest BCUT2D eigenvalue weighted by atomic mass is 32.2. The number of carbonyl (C=O) groups excluding carboxylic acids is 2. The second kappa shape index (κ2) is 7.77. The number of benzene rings is 1. The Morgan fingerprint density at radius 2 is 2.15 bits per heavy atom. The van der Waals surface area contributed by atoms with Gasteiger partial charge < -0.3 is 10.1 Å². The second-order valence-corrected chi connectivity index (χ2v) is 7.77. The molecule has 1 aromatic carbocycles. The number of nitrogens with one attached hydrogen (secondary N) is 2. The molecule has 1 aliphatic heterocycles. The van der Waals surface area contributed by atoms with E-state index in [2.05, 4.69) is 34.7 Å². The van der Waals surface area contributed by atoms with E-state index in [9.17, 15) is 9.59 Å². The number of rotatable bonds is 6. The Labute approximate surface area is 155 Å². The minimum absolute atomic E-state index is 0.212. The van der Waals surface area contributed by atoms with Gasteiger partial charge in [-0.05, 0) is 12.1 Å². The summed E-state index contributed by atoms with van der Waals surface area (Å²) in [6, 6.07) is 6.83. The molecule has 1 aromatic heterocycles. The van der Waals surface area contributed by atoms with E-state index in [0.717, 1.165) is 16.6 Å². The lowest BCUT2D eigenvalue weighted by Gasteiger charge is -2.23. The Bertz CT molecular complexity index is 804. The van der Waals surface area contributed by atoms with Gasteiger partial charge >= 0.3 is 6.03 Å². The quantitative estimate of drug-likeness (QED) is 0.749. The number of aromatic nitrogens is 3. The van der Waals surface area contributed by atoms with Crippen molar-refractivity contribution in [2.24, 2.45) is 0 Å². The van der Waals surface area contributed by atoms with Crippen molar-refractivity contribution in [2.75, 3.05) is 7.11 Å². The molecule has 0 radical (unpaired) electrons. The zero-order chi connectivity index (χ0) is 18.7. The number of amides is 3. The third-order valence-corrected chi connectivity index (χ3v) is 4.75. The van der Waals surface area contributed by atoms with Crippen LogP contribution in [0.5, 0.6) is 5.75 Å². The lowest BCUT2D eigenvalue weighted by atomic mass is 10.1. The zero-order valence-electron chi connectivity index (χ0n) is 14.9. The summed E-state index contributed by atoms with van der Waals surface area (Å²) in [5.41, 5.74) is 0.874. The summed E-state index contributed by atoms with van der Waals surface area (Å²) >= 11 is 1.60. The summed E-state index contributed by atoms with van der Waals surface area (Å²) in [5, 5.41) is 14.7. The van der Waals surface area contributed by atoms with Gasteiger partial charge in [-0.15, -0.1) is 10.2 Å². The number of thioether (sulfide) groups is 1. The maximum absolute atomic E-state index is 11.6. The first-order valence-electron chi connectivity index (χ1n) is 8.32. The van der Waals surface area contributed by atoms with Gasteiger partial charge in [0.25, 0.3) is 0 Å². The van der Waals surface area contributed by atoms with Crippen LogP contribution in [0.1, 0.15) is 26.1 Å². The monoisotopic (exact) mass is 375 g/mol. The number of nitrogens with zero attached hydrogens (tertiary/aromatic N) is 3. The van der Waals surface area contributed by atoms with Gasteiger partial charge in [-0.3, -0.25) is 14.7 Å². The highest BCUT2D eigenvalue weighted by Crippen LogP contribution is 2.27. The van der Waals surface area contributed by atoms with Gasteiger partial charge in [-0.1, -0.05) is 31.7 Å². The molecule has 1 fully saturated rings. The Morgan fingerprint density at radius 1 is 1.35 bits per heavy atom. The smallest absolute Gasteiger partial charge is 0.321 e. The Balaban J connectivity index is 1.95. The van der Waals surface area contributed by atoms with Crippen LogP contribution in [-0.2, 0) is 11.2 Å². The number of methoxy groups -OCH3 is 1. The molecule has 3 amide bonds. The molecule has 8 nitrogen and oxygen atoms in total. The van der Waals surface area contributed by atoms with E-state index in [0.29, 0.717) is 17.5 Å². The molecule has 0 aliphatic carbocycles. The van der Waals surface area contributed by atoms with Gasteiger partial charge in [0.2, 0.25) is 5.91 Å². The van der Waals surface area contributed by atoms with Crippen LogP contribution in [0.2, 0.25) is 0 Å². The Kier molecular flexibility index (Phi) is 5.46. The molecular formula is C17H21N5O3S. The number of hydrogen-bond acceptors (Lipinski definition) is 6. The number of hydrogen-bond donors (Lipinski definition) is 2. The van der Waals surface area contributed by atoms with E-state index >= 15 is 0 Å². The summed E-state index contributed by atoms with van der Waals surface area (Å²) in [6.45, 7) is 4.17. The van der Waals surface area contributed by atoms with Crippen LogP contribution in [0.4, 0.5) is 4.79 Å². The fraction of sp³-hybridized carbons (Fsp3) is 0.412. The maximum atomic E-state index is 11.6. The third-order valence-electron chi connectivity index (χ3n) is 3.80. The minimum Gasteiger partial charge on any atom is -0.497 e. The molecule has 1 unspecified atom stereocenters. The summed E-state index contributed by atoms with van der Waals surface area (Å²) < 4.78 is 7.27. The van der Waals surface area contributed by atoms with E-state index in [4.69, 9.17) is 4.74 Å². The van der Waals surface area contributed by atoms with Crippen molar-refractivity contribution >= 4 is 23.7 Å². The van der Waals surface area contributed by atoms with Gasteiger partial charge in [0, 0.05) is 30.2 Å². The highest BCUT2D eigenvalue weighted by Gasteiger charge is 2.27. The van der Waals surface area contributed by atoms with Crippen LogP contribution in [0.25, 0.3) is 5.69 Å². The SMILES string of the molecule is COc1cccc(-n2c(CC3CC(=O)NC(=O)N3)nnc2SC(C)C)c1. The molecule has 138 valence electrons. The van der Waals surface area contributed by atoms with Gasteiger partial charge in [0.1, 0.15) is 11.6 Å². The normalized spacial score (nSPS) is 17.2. The molecule has 1 atom stereocenters. The standard InChI is InChI=1S/C17H21N5O3S/c1-10(2)26-17-21-20-14(7-11-8-15(23)19-16(24)18-11)22(17)12-5-4-6-13(9-12)25-3/h4-6,9-11H,7-8H2,1-3H3,(H2,18,19,23,24). The molecule has 1 aliphatic rings. The van der Waals surface area contributed by atoms with Crippen molar-refractivity contribution in [2.45, 2.75) is 43.1 Å². The molecule has 2 N–H and O–H groups in total. The third kappa shape index (κ3) is 4.16. The van der Waals surface area contributed by atoms with Crippen molar-refractivity contribution in [1.29, 1.82) is 0 Å². The summed E-state index contributed by atoms with van der Waals surface area (Å²) in [7, 11) is 1.62. The predicted octanol–water partition coefficient (Wildman–Crippen LogP) is 1.92. The molecule has 0 bridgehead atoms. The Hall–Kier alpha value is -2.55. The topological polar surface area (TPSA) is 98.1 Å². The van der Waals surface area contributed by atoms with E-state index in [1.807, 2.05) is 28.8 Å². The first kappa shape index (κ1) is 18.2. The number of imide groups is 1. The number of carbonyl (C=O) groups is 2. The average Bonchev–Trinajstić information content (AvgIpc) is 2.95. The highest BCUT2D eigenvalue weighted by molar-refractivity contribution is 7.99. The molecule has 3 rings (SSSR count). The van der Waals surface area contributed by atoms with Crippen LogP contribution in [-0.4, -0.2) is 45.1 Å². The maximum Gasteiger partial charge on any atom is 0.321 e. The van der Waals surface area contributed by atoms with Crippen molar-refractivity contribution in [3.63, 3.8) is 0 Å². The average molecular weight is 375 g/mol. The second-order valence-electron chi connectivity index (χ2n) is 6.23. The molecule has 0 spiro atoms. The fourth-order valence-corrected chi connectivity index (χ4v) is 3.57. The van der Waals surface area contributed by atoms with E-state index in [1.165, 1.54) is 0 Å². The van der Waals surface area contributed by atoms with Gasteiger partial charge in [0.15, 0.2) is 5.16 Å². The van der Waals surface area contributed by atoms with Gasteiger partial charge in [0.05, 0.1) is 12.8 Å². The molecular weight excluding hydrogens is 354 g/mol. The van der Waals surface area contributed by atoms with E-state index in [-0.39, 0.29) is 18.4 Å². The summed E-state index contributed by atoms with van der Waals surface area (Å²) in [6.07, 6.45) is 0.616. The van der Waals surface area contributed by atoms with Crippen molar-refractivity contribution in [1.82, 2.24) is 25.4 Å². The van der Waals surface area contributed by atoms with Gasteiger partial charge in [-0.25, -0.2) is 4.79 Å². The van der Waals surface area contributed by atoms with E-state index in [1.54, 1.807) is 18.9 Å². The predicted molar refractivity (Wildman–Crippen MR) is 97.7 cm³/mol. The molecule has 2 aromatic rings. The van der Waals surface area contributed by atoms with Crippen LogP contribution in [0.3, 0.4) is 0 Å².